The number of aromatic amines is 1. The van der Waals surface area contributed by atoms with Crippen LogP contribution in [0.4, 0.5) is 5.82 Å². The fraction of sp³-hybridized carbons (Fsp3) is 0.450. The van der Waals surface area contributed by atoms with Crippen molar-refractivity contribution >= 4 is 15.8 Å². The Hall–Kier alpha value is -2.00. The van der Waals surface area contributed by atoms with E-state index in [9.17, 15) is 8.42 Å². The molecule has 3 N–H and O–H groups in total. The van der Waals surface area contributed by atoms with Gasteiger partial charge in [0.25, 0.3) is 5.82 Å². The van der Waals surface area contributed by atoms with Gasteiger partial charge in [-0.3, -0.25) is 5.32 Å². The minimum absolute atomic E-state index is 0.284. The molecule has 0 bridgehead atoms. The molecule has 0 radical (unpaired) electrons. The van der Waals surface area contributed by atoms with Gasteiger partial charge in [0.15, 0.2) is 0 Å². The second kappa shape index (κ2) is 9.97. The molecule has 2 heterocycles. The highest BCUT2D eigenvalue weighted by atomic mass is 32.2. The van der Waals surface area contributed by atoms with Gasteiger partial charge in [0.2, 0.25) is 10.0 Å². The first-order valence-electron chi connectivity index (χ1n) is 9.74. The average Bonchev–Trinajstić information content (AvgIpc) is 2.73. The van der Waals surface area contributed by atoms with Crippen LogP contribution in [0.1, 0.15) is 12.0 Å². The molecule has 152 valence electrons. The van der Waals surface area contributed by atoms with Crippen molar-refractivity contribution in [3.05, 3.63) is 54.2 Å². The quantitative estimate of drug-likeness (QED) is 0.577. The van der Waals surface area contributed by atoms with Crippen LogP contribution in [0.5, 0.6) is 0 Å². The molecule has 1 aliphatic rings. The largest absolute Gasteiger partial charge is 0.379 e. The van der Waals surface area contributed by atoms with Crippen LogP contribution in [-0.4, -0.2) is 59.2 Å². The van der Waals surface area contributed by atoms with Gasteiger partial charge < -0.3 is 9.64 Å². The Bertz CT molecular complexity index is 822. The number of H-pyrrole nitrogens is 1. The fourth-order valence-electron chi connectivity index (χ4n) is 3.26. The Morgan fingerprint density at radius 3 is 2.57 bits per heavy atom. The molecule has 7 nitrogen and oxygen atoms in total. The van der Waals surface area contributed by atoms with Crippen molar-refractivity contribution in [3.8, 4) is 0 Å². The molecule has 0 amide bonds. The predicted octanol–water partition coefficient (Wildman–Crippen LogP) is 0.0385. The number of aromatic nitrogens is 1. The molecule has 1 unspecified atom stereocenters. The molecule has 0 aliphatic carbocycles. The monoisotopic (exact) mass is 406 g/mol. The van der Waals surface area contributed by atoms with Crippen LogP contribution in [0, 0.1) is 0 Å². The Morgan fingerprint density at radius 2 is 1.89 bits per heavy atom. The third kappa shape index (κ3) is 5.75. The number of quaternary nitrogens is 1. The number of ether oxygens (including phenoxy) is 1. The van der Waals surface area contributed by atoms with Gasteiger partial charge in [-0.05, 0) is 6.07 Å². The minimum atomic E-state index is -3.45. The lowest BCUT2D eigenvalue weighted by Gasteiger charge is -2.25. The van der Waals surface area contributed by atoms with Crippen molar-refractivity contribution in [2.24, 2.45) is 0 Å². The maximum Gasteiger partial charge on any atom is 0.272 e. The van der Waals surface area contributed by atoms with Crippen molar-refractivity contribution < 1.29 is 23.0 Å². The highest BCUT2D eigenvalue weighted by Gasteiger charge is 2.27. The normalized spacial score (nSPS) is 16.6. The molecular weight excluding hydrogens is 376 g/mol. The average molecular weight is 407 g/mol. The van der Waals surface area contributed by atoms with Gasteiger partial charge in [0.1, 0.15) is 17.6 Å². The van der Waals surface area contributed by atoms with Gasteiger partial charge in [0, 0.05) is 31.1 Å². The second-order valence-electron chi connectivity index (χ2n) is 7.10. The van der Waals surface area contributed by atoms with Gasteiger partial charge in [0.05, 0.1) is 33.4 Å². The van der Waals surface area contributed by atoms with Gasteiger partial charge >= 0.3 is 0 Å². The molecule has 2 aromatic rings. The van der Waals surface area contributed by atoms with Crippen molar-refractivity contribution in [3.63, 3.8) is 0 Å². The molecule has 0 spiro atoms. The van der Waals surface area contributed by atoms with Gasteiger partial charge in [-0.25, -0.2) is 13.4 Å². The van der Waals surface area contributed by atoms with Crippen molar-refractivity contribution in [1.82, 2.24) is 4.31 Å². The maximum absolute atomic E-state index is 12.6. The zero-order chi connectivity index (χ0) is 19.8. The van der Waals surface area contributed by atoms with E-state index in [4.69, 9.17) is 4.74 Å². The van der Waals surface area contributed by atoms with Gasteiger partial charge in [-0.2, -0.15) is 4.31 Å². The Balaban J connectivity index is 1.43. The Morgan fingerprint density at radius 1 is 1.14 bits per heavy atom. The molecule has 1 fully saturated rings. The van der Waals surface area contributed by atoms with E-state index in [1.54, 1.807) is 18.3 Å². The number of nitrogens with zero attached hydrogens (tertiary/aromatic N) is 1. The highest BCUT2D eigenvalue weighted by molar-refractivity contribution is 7.89. The predicted molar refractivity (Wildman–Crippen MR) is 108 cm³/mol. The van der Waals surface area contributed by atoms with E-state index >= 15 is 0 Å². The van der Waals surface area contributed by atoms with Crippen LogP contribution in [0.3, 0.4) is 0 Å². The third-order valence-corrected chi connectivity index (χ3v) is 6.73. The van der Waals surface area contributed by atoms with Crippen molar-refractivity contribution in [2.75, 3.05) is 51.8 Å². The summed E-state index contributed by atoms with van der Waals surface area (Å²) in [6.45, 7) is 4.61. The number of pyridine rings is 1. The number of nitrogens with one attached hydrogen (secondary N) is 3. The second-order valence-corrected chi connectivity index (χ2v) is 9.04. The summed E-state index contributed by atoms with van der Waals surface area (Å²) in [5.74, 6) is 0.821. The summed E-state index contributed by atoms with van der Waals surface area (Å²) in [5, 5.41) is 3.32. The van der Waals surface area contributed by atoms with E-state index in [1.807, 2.05) is 6.07 Å². The molecule has 1 aromatic carbocycles. The standard InChI is InChI=1S/C20H28N4O3S/c1-23(17-18-6-3-2-4-7-18)11-5-10-21-20-9-8-19(16-22-20)28(25,26)24-12-14-27-15-13-24/h2-4,6-9,16H,5,10-15,17H2,1H3,(H,21,22)/p+2. The van der Waals surface area contributed by atoms with Crippen LogP contribution in [0.15, 0.2) is 53.6 Å². The lowest BCUT2D eigenvalue weighted by molar-refractivity contribution is -0.893. The zero-order valence-electron chi connectivity index (χ0n) is 16.4. The lowest BCUT2D eigenvalue weighted by Crippen LogP contribution is -3.07. The summed E-state index contributed by atoms with van der Waals surface area (Å²) >= 11 is 0. The van der Waals surface area contributed by atoms with Gasteiger partial charge in [-0.15, -0.1) is 0 Å². The van der Waals surface area contributed by atoms with E-state index in [-0.39, 0.29) is 4.90 Å². The number of hydrogen-bond donors (Lipinski definition) is 2. The number of anilines is 1. The summed E-state index contributed by atoms with van der Waals surface area (Å²) in [4.78, 5) is 4.80. The summed E-state index contributed by atoms with van der Waals surface area (Å²) in [6.07, 6.45) is 2.58. The lowest BCUT2D eigenvalue weighted by atomic mass is 10.2. The summed E-state index contributed by atoms with van der Waals surface area (Å²) in [5.41, 5.74) is 1.35. The first-order valence-corrected chi connectivity index (χ1v) is 11.2. The maximum atomic E-state index is 12.6. The Labute approximate surface area is 167 Å². The van der Waals surface area contributed by atoms with E-state index < -0.39 is 10.0 Å². The Kier molecular flexibility index (Phi) is 7.38. The first-order chi connectivity index (χ1) is 13.6. The van der Waals surface area contributed by atoms with Gasteiger partial charge in [-0.1, -0.05) is 30.3 Å². The van der Waals surface area contributed by atoms with Crippen LogP contribution in [-0.2, 0) is 21.3 Å². The molecule has 1 saturated heterocycles. The molecule has 28 heavy (non-hydrogen) atoms. The molecule has 1 atom stereocenters. The number of hydrogen-bond acceptors (Lipinski definition) is 4. The van der Waals surface area contributed by atoms with Crippen LogP contribution in [0.2, 0.25) is 0 Å². The van der Waals surface area contributed by atoms with Crippen LogP contribution >= 0.6 is 0 Å². The third-order valence-electron chi connectivity index (χ3n) is 4.84. The van der Waals surface area contributed by atoms with Crippen molar-refractivity contribution in [1.29, 1.82) is 0 Å². The fourth-order valence-corrected chi connectivity index (χ4v) is 4.64. The van der Waals surface area contributed by atoms with Crippen LogP contribution < -0.4 is 15.2 Å². The summed E-state index contributed by atoms with van der Waals surface area (Å²) in [7, 11) is -1.26. The molecule has 0 saturated carbocycles. The van der Waals surface area contributed by atoms with E-state index in [0.29, 0.717) is 26.3 Å². The minimum Gasteiger partial charge on any atom is -0.379 e. The highest BCUT2D eigenvalue weighted by Crippen LogP contribution is 2.16. The van der Waals surface area contributed by atoms with E-state index in [2.05, 4.69) is 41.6 Å². The zero-order valence-corrected chi connectivity index (χ0v) is 17.2. The van der Waals surface area contributed by atoms with Crippen LogP contribution in [0.25, 0.3) is 0 Å². The summed E-state index contributed by atoms with van der Waals surface area (Å²) in [6, 6.07) is 13.9. The molecular formula is C20H30N4O3S+2. The number of morpholine rings is 1. The number of sulfonamides is 1. The molecule has 3 rings (SSSR count). The molecule has 1 aromatic heterocycles. The molecule has 8 heteroatoms. The SMILES string of the molecule is C[NH+](CCCNc1ccc(S(=O)(=O)N2CCOCC2)c[nH+]1)Cc1ccccc1. The van der Waals surface area contributed by atoms with Crippen molar-refractivity contribution in [2.45, 2.75) is 17.9 Å². The first kappa shape index (κ1) is 20.7. The smallest absolute Gasteiger partial charge is 0.272 e. The number of benzene rings is 1. The topological polar surface area (TPSA) is 77.2 Å². The summed E-state index contributed by atoms with van der Waals surface area (Å²) < 4.78 is 31.9. The van der Waals surface area contributed by atoms with E-state index in [0.717, 1.165) is 31.9 Å². The number of rotatable bonds is 9. The molecule has 1 aliphatic heterocycles. The van der Waals surface area contributed by atoms with E-state index in [1.165, 1.54) is 14.8 Å².